The summed E-state index contributed by atoms with van der Waals surface area (Å²) in [6.07, 6.45) is 0. The van der Waals surface area contributed by atoms with Crippen molar-refractivity contribution in [2.75, 3.05) is 18.4 Å². The summed E-state index contributed by atoms with van der Waals surface area (Å²) in [5.41, 5.74) is 2.73. The lowest BCUT2D eigenvalue weighted by Crippen LogP contribution is -2.34. The Morgan fingerprint density at radius 1 is 0.840 bits per heavy atom. The predicted octanol–water partition coefficient (Wildman–Crippen LogP) is 2.11. The Kier molecular flexibility index (Phi) is 6.28. The van der Waals surface area contributed by atoms with Gasteiger partial charge in [0, 0.05) is 36.8 Å². The molecule has 0 heterocycles. The smallest absolute Gasteiger partial charge is 0.251 e. The second-order valence-electron chi connectivity index (χ2n) is 5.64. The number of carbonyl (C=O) groups excluding carboxylic acids is 3. The highest BCUT2D eigenvalue weighted by molar-refractivity contribution is 5.96. The molecule has 0 saturated heterocycles. The third-order valence-corrected chi connectivity index (χ3v) is 3.44. The number of benzene rings is 2. The summed E-state index contributed by atoms with van der Waals surface area (Å²) in [5.74, 6) is -0.571. The fourth-order valence-corrected chi connectivity index (χ4v) is 2.25. The van der Waals surface area contributed by atoms with Crippen molar-refractivity contribution in [3.8, 4) is 0 Å². The molecule has 0 atom stereocenters. The van der Waals surface area contributed by atoms with E-state index in [2.05, 4.69) is 16.0 Å². The summed E-state index contributed by atoms with van der Waals surface area (Å²) in [6, 6.07) is 13.9. The normalized spacial score (nSPS) is 10.0. The zero-order valence-electron chi connectivity index (χ0n) is 14.3. The molecular formula is C19H21N3O3. The second kappa shape index (κ2) is 8.63. The predicted molar refractivity (Wildman–Crippen MR) is 96.6 cm³/mol. The van der Waals surface area contributed by atoms with Crippen molar-refractivity contribution in [3.63, 3.8) is 0 Å². The van der Waals surface area contributed by atoms with Crippen LogP contribution in [-0.2, 0) is 4.79 Å². The van der Waals surface area contributed by atoms with Crippen LogP contribution in [0.3, 0.4) is 0 Å². The van der Waals surface area contributed by atoms with E-state index in [0.717, 1.165) is 5.56 Å². The van der Waals surface area contributed by atoms with Gasteiger partial charge >= 0.3 is 0 Å². The van der Waals surface area contributed by atoms with E-state index in [0.29, 0.717) is 29.9 Å². The van der Waals surface area contributed by atoms with Gasteiger partial charge in [0.2, 0.25) is 5.91 Å². The third kappa shape index (κ3) is 5.76. The van der Waals surface area contributed by atoms with E-state index in [1.54, 1.807) is 30.3 Å². The van der Waals surface area contributed by atoms with Gasteiger partial charge in [-0.2, -0.15) is 0 Å². The largest absolute Gasteiger partial charge is 0.350 e. The molecule has 2 rings (SSSR count). The molecule has 0 spiro atoms. The highest BCUT2D eigenvalue weighted by Gasteiger charge is 2.07. The second-order valence-corrected chi connectivity index (χ2v) is 5.64. The van der Waals surface area contributed by atoms with Crippen LogP contribution in [0.15, 0.2) is 48.5 Å². The highest BCUT2D eigenvalue weighted by Crippen LogP contribution is 2.09. The quantitative estimate of drug-likeness (QED) is 0.705. The Hall–Kier alpha value is -3.15. The molecule has 0 aliphatic heterocycles. The van der Waals surface area contributed by atoms with E-state index < -0.39 is 0 Å². The molecule has 25 heavy (non-hydrogen) atoms. The van der Waals surface area contributed by atoms with E-state index >= 15 is 0 Å². The monoisotopic (exact) mass is 339 g/mol. The van der Waals surface area contributed by atoms with Crippen molar-refractivity contribution in [2.45, 2.75) is 13.8 Å². The molecule has 2 aromatic carbocycles. The summed E-state index contributed by atoms with van der Waals surface area (Å²) in [5, 5.41) is 8.14. The summed E-state index contributed by atoms with van der Waals surface area (Å²) >= 11 is 0. The lowest BCUT2D eigenvalue weighted by atomic mass is 10.1. The Morgan fingerprint density at radius 3 is 2.00 bits per heavy atom. The van der Waals surface area contributed by atoms with Gasteiger partial charge in [0.15, 0.2) is 0 Å². The molecule has 0 aromatic heterocycles. The number of amides is 3. The molecule has 0 saturated carbocycles. The number of nitrogens with one attached hydrogen (secondary N) is 3. The number of hydrogen-bond acceptors (Lipinski definition) is 3. The van der Waals surface area contributed by atoms with Crippen LogP contribution in [0.4, 0.5) is 5.69 Å². The maximum absolute atomic E-state index is 12.0. The first-order valence-corrected chi connectivity index (χ1v) is 7.96. The topological polar surface area (TPSA) is 87.3 Å². The number of carbonyl (C=O) groups is 3. The van der Waals surface area contributed by atoms with Crippen molar-refractivity contribution in [3.05, 3.63) is 65.2 Å². The van der Waals surface area contributed by atoms with Gasteiger partial charge in [-0.3, -0.25) is 14.4 Å². The summed E-state index contributed by atoms with van der Waals surface area (Å²) in [4.78, 5) is 35.0. The molecule has 130 valence electrons. The zero-order valence-corrected chi connectivity index (χ0v) is 14.3. The molecule has 6 nitrogen and oxygen atoms in total. The molecule has 0 aliphatic carbocycles. The third-order valence-electron chi connectivity index (χ3n) is 3.44. The van der Waals surface area contributed by atoms with Gasteiger partial charge in [-0.15, -0.1) is 0 Å². The number of rotatable bonds is 6. The molecule has 3 N–H and O–H groups in total. The van der Waals surface area contributed by atoms with Gasteiger partial charge < -0.3 is 16.0 Å². The number of anilines is 1. The first kappa shape index (κ1) is 18.2. The fraction of sp³-hybridized carbons (Fsp3) is 0.211. The van der Waals surface area contributed by atoms with Crippen molar-refractivity contribution in [1.29, 1.82) is 0 Å². The molecule has 3 amide bonds. The van der Waals surface area contributed by atoms with Crippen molar-refractivity contribution in [2.24, 2.45) is 0 Å². The minimum Gasteiger partial charge on any atom is -0.350 e. The van der Waals surface area contributed by atoms with Gasteiger partial charge in [-0.25, -0.2) is 0 Å². The van der Waals surface area contributed by atoms with Gasteiger partial charge in [0.1, 0.15) is 0 Å². The first-order chi connectivity index (χ1) is 12.0. The van der Waals surface area contributed by atoms with Crippen molar-refractivity contribution < 1.29 is 14.4 Å². The maximum Gasteiger partial charge on any atom is 0.251 e. The lowest BCUT2D eigenvalue weighted by molar-refractivity contribution is -0.114. The SMILES string of the molecule is CC(=O)Nc1ccc(C(=O)NCCNC(=O)c2cccc(C)c2)cc1. The highest BCUT2D eigenvalue weighted by atomic mass is 16.2. The van der Waals surface area contributed by atoms with Crippen LogP contribution in [-0.4, -0.2) is 30.8 Å². The Labute approximate surface area is 146 Å². The molecule has 0 unspecified atom stereocenters. The molecule has 0 fully saturated rings. The Balaban J connectivity index is 1.76. The molecule has 0 aliphatic rings. The van der Waals surface area contributed by atoms with Gasteiger partial charge in [0.25, 0.3) is 11.8 Å². The van der Waals surface area contributed by atoms with E-state index in [1.165, 1.54) is 6.92 Å². The minimum atomic E-state index is -0.237. The van der Waals surface area contributed by atoms with Gasteiger partial charge in [-0.1, -0.05) is 17.7 Å². The van der Waals surface area contributed by atoms with Crippen molar-refractivity contribution in [1.82, 2.24) is 10.6 Å². The average Bonchev–Trinajstić information content (AvgIpc) is 2.58. The Bertz CT molecular complexity index is 770. The summed E-state index contributed by atoms with van der Waals surface area (Å²) in [7, 11) is 0. The van der Waals surface area contributed by atoms with E-state index in [4.69, 9.17) is 0 Å². The van der Waals surface area contributed by atoms with Crippen LogP contribution in [0.2, 0.25) is 0 Å². The van der Waals surface area contributed by atoms with Crippen LogP contribution < -0.4 is 16.0 Å². The summed E-state index contributed by atoms with van der Waals surface area (Å²) < 4.78 is 0. The van der Waals surface area contributed by atoms with Crippen LogP contribution in [0.25, 0.3) is 0 Å². The maximum atomic E-state index is 12.0. The first-order valence-electron chi connectivity index (χ1n) is 7.96. The van der Waals surface area contributed by atoms with E-state index in [-0.39, 0.29) is 17.7 Å². The van der Waals surface area contributed by atoms with E-state index in [1.807, 2.05) is 25.1 Å². The molecular weight excluding hydrogens is 318 g/mol. The van der Waals surface area contributed by atoms with Crippen molar-refractivity contribution >= 4 is 23.4 Å². The lowest BCUT2D eigenvalue weighted by Gasteiger charge is -2.08. The Morgan fingerprint density at radius 2 is 1.44 bits per heavy atom. The minimum absolute atomic E-state index is 0.165. The molecule has 0 bridgehead atoms. The van der Waals surface area contributed by atoms with Crippen LogP contribution in [0, 0.1) is 6.92 Å². The zero-order chi connectivity index (χ0) is 18.2. The molecule has 6 heteroatoms. The fourth-order valence-electron chi connectivity index (χ4n) is 2.25. The standard InChI is InChI=1S/C19H21N3O3/c1-13-4-3-5-16(12-13)19(25)21-11-10-20-18(24)15-6-8-17(9-7-15)22-14(2)23/h3-9,12H,10-11H2,1-2H3,(H,20,24)(H,21,25)(H,22,23). The number of aryl methyl sites for hydroxylation is 1. The summed E-state index contributed by atoms with van der Waals surface area (Å²) in [6.45, 7) is 4.01. The molecule has 2 aromatic rings. The number of hydrogen-bond donors (Lipinski definition) is 3. The van der Waals surface area contributed by atoms with Crippen LogP contribution in [0.1, 0.15) is 33.2 Å². The average molecular weight is 339 g/mol. The molecule has 0 radical (unpaired) electrons. The van der Waals surface area contributed by atoms with Gasteiger partial charge in [0.05, 0.1) is 0 Å². The van der Waals surface area contributed by atoms with Crippen LogP contribution in [0.5, 0.6) is 0 Å². The van der Waals surface area contributed by atoms with Crippen LogP contribution >= 0.6 is 0 Å². The van der Waals surface area contributed by atoms with E-state index in [9.17, 15) is 14.4 Å². The van der Waals surface area contributed by atoms with Gasteiger partial charge in [-0.05, 0) is 43.3 Å².